The number of halogens is 1. The van der Waals surface area contributed by atoms with Crippen LogP contribution in [0.5, 0.6) is 5.75 Å². The Hall–Kier alpha value is -1.51. The van der Waals surface area contributed by atoms with Gasteiger partial charge >= 0.3 is 0 Å². The molecule has 0 atom stereocenters. The van der Waals surface area contributed by atoms with Crippen molar-refractivity contribution in [1.29, 1.82) is 0 Å². The molecule has 0 amide bonds. The van der Waals surface area contributed by atoms with Crippen molar-refractivity contribution in [3.05, 3.63) is 63.7 Å². The third-order valence-corrected chi connectivity index (χ3v) is 3.74. The molecule has 2 aromatic rings. The highest BCUT2D eigenvalue weighted by molar-refractivity contribution is 6.32. The Kier molecular flexibility index (Phi) is 4.46. The Bertz CT molecular complexity index is 558. The first-order valence-corrected chi connectivity index (χ1v) is 6.66. The van der Waals surface area contributed by atoms with Crippen molar-refractivity contribution in [3.63, 3.8) is 0 Å². The zero-order chi connectivity index (χ0) is 13.8. The Labute approximate surface area is 119 Å². The zero-order valence-electron chi connectivity index (χ0n) is 11.2. The van der Waals surface area contributed by atoms with E-state index in [0.29, 0.717) is 13.2 Å². The Morgan fingerprint density at radius 1 is 1.05 bits per heavy atom. The van der Waals surface area contributed by atoms with Gasteiger partial charge in [-0.3, -0.25) is 0 Å². The molecule has 0 aliphatic heterocycles. The molecule has 2 nitrogen and oxygen atoms in total. The predicted molar refractivity (Wildman–Crippen MR) is 79.6 cm³/mol. The summed E-state index contributed by atoms with van der Waals surface area (Å²) in [7, 11) is 0. The first-order valence-electron chi connectivity index (χ1n) is 6.28. The highest BCUT2D eigenvalue weighted by Gasteiger charge is 2.05. The lowest BCUT2D eigenvalue weighted by Crippen LogP contribution is -2.04. The predicted octanol–water partition coefficient (Wildman–Crippen LogP) is 3.99. The number of rotatable bonds is 4. The smallest absolute Gasteiger partial charge is 0.120 e. The summed E-state index contributed by atoms with van der Waals surface area (Å²) in [5, 5.41) is 0.801. The molecule has 0 aliphatic carbocycles. The molecule has 2 rings (SSSR count). The fourth-order valence-electron chi connectivity index (χ4n) is 2.05. The van der Waals surface area contributed by atoms with E-state index in [9.17, 15) is 0 Å². The van der Waals surface area contributed by atoms with Crippen LogP contribution in [0.3, 0.4) is 0 Å². The van der Waals surface area contributed by atoms with Crippen LogP contribution >= 0.6 is 11.6 Å². The second-order valence-electron chi connectivity index (χ2n) is 4.63. The van der Waals surface area contributed by atoms with Crippen molar-refractivity contribution >= 4 is 11.6 Å². The maximum Gasteiger partial charge on any atom is 0.120 e. The van der Waals surface area contributed by atoms with Gasteiger partial charge in [0.05, 0.1) is 0 Å². The van der Waals surface area contributed by atoms with Crippen molar-refractivity contribution in [2.24, 2.45) is 5.73 Å². The summed E-state index contributed by atoms with van der Waals surface area (Å²) in [6.07, 6.45) is 0. The summed E-state index contributed by atoms with van der Waals surface area (Å²) >= 11 is 6.14. The van der Waals surface area contributed by atoms with E-state index < -0.39 is 0 Å². The molecule has 0 spiro atoms. The van der Waals surface area contributed by atoms with Crippen molar-refractivity contribution in [3.8, 4) is 5.75 Å². The molecule has 0 saturated heterocycles. The number of ether oxygens (including phenoxy) is 1. The molecule has 19 heavy (non-hydrogen) atoms. The van der Waals surface area contributed by atoms with Gasteiger partial charge in [0.15, 0.2) is 0 Å². The molecule has 100 valence electrons. The van der Waals surface area contributed by atoms with Gasteiger partial charge in [0, 0.05) is 11.6 Å². The highest BCUT2D eigenvalue weighted by Crippen LogP contribution is 2.26. The average Bonchev–Trinajstić information content (AvgIpc) is 2.42. The number of benzene rings is 2. The second kappa shape index (κ2) is 6.09. The summed E-state index contributed by atoms with van der Waals surface area (Å²) in [6.45, 7) is 5.01. The van der Waals surface area contributed by atoms with E-state index in [-0.39, 0.29) is 0 Å². The summed E-state index contributed by atoms with van der Waals surface area (Å²) in [5.41, 5.74) is 10.0. The minimum absolute atomic E-state index is 0.522. The van der Waals surface area contributed by atoms with Gasteiger partial charge in [-0.25, -0.2) is 0 Å². The maximum atomic E-state index is 6.14. The van der Waals surface area contributed by atoms with Gasteiger partial charge in [-0.1, -0.05) is 35.9 Å². The first kappa shape index (κ1) is 13.9. The van der Waals surface area contributed by atoms with Crippen LogP contribution in [0, 0.1) is 13.8 Å². The quantitative estimate of drug-likeness (QED) is 0.915. The van der Waals surface area contributed by atoms with Gasteiger partial charge in [0.25, 0.3) is 0 Å². The summed E-state index contributed by atoms with van der Waals surface area (Å²) in [5.74, 6) is 0.839. The van der Waals surface area contributed by atoms with Crippen LogP contribution in [-0.4, -0.2) is 0 Å². The number of nitrogens with two attached hydrogens (primary N) is 1. The average molecular weight is 276 g/mol. The van der Waals surface area contributed by atoms with Gasteiger partial charge in [-0.15, -0.1) is 0 Å². The lowest BCUT2D eigenvalue weighted by molar-refractivity contribution is 0.304. The summed E-state index contributed by atoms with van der Waals surface area (Å²) in [4.78, 5) is 0. The SMILES string of the molecule is Cc1cc(OCc2ccccc2CN)cc(C)c1Cl. The van der Waals surface area contributed by atoms with Crippen LogP contribution in [-0.2, 0) is 13.2 Å². The molecule has 0 aliphatic rings. The molecule has 0 heterocycles. The molecule has 0 saturated carbocycles. The van der Waals surface area contributed by atoms with Crippen LogP contribution < -0.4 is 10.5 Å². The summed E-state index contributed by atoms with van der Waals surface area (Å²) < 4.78 is 5.84. The van der Waals surface area contributed by atoms with Crippen LogP contribution in [0.1, 0.15) is 22.3 Å². The number of hydrogen-bond acceptors (Lipinski definition) is 2. The van der Waals surface area contributed by atoms with E-state index in [2.05, 4.69) is 0 Å². The van der Waals surface area contributed by atoms with Crippen molar-refractivity contribution in [2.75, 3.05) is 0 Å². The van der Waals surface area contributed by atoms with E-state index in [1.807, 2.05) is 50.2 Å². The van der Waals surface area contributed by atoms with Crippen LogP contribution in [0.2, 0.25) is 5.02 Å². The highest BCUT2D eigenvalue weighted by atomic mass is 35.5. The fourth-order valence-corrected chi connectivity index (χ4v) is 2.16. The third-order valence-electron chi connectivity index (χ3n) is 3.14. The molecular formula is C16H18ClNO. The molecule has 2 aromatic carbocycles. The van der Waals surface area contributed by atoms with E-state index in [4.69, 9.17) is 22.1 Å². The minimum atomic E-state index is 0.522. The standard InChI is InChI=1S/C16H18ClNO/c1-11-7-15(8-12(2)16(11)17)19-10-14-6-4-3-5-13(14)9-18/h3-8H,9-10,18H2,1-2H3. The van der Waals surface area contributed by atoms with E-state index in [1.54, 1.807) is 0 Å². The zero-order valence-corrected chi connectivity index (χ0v) is 12.0. The van der Waals surface area contributed by atoms with Gasteiger partial charge < -0.3 is 10.5 Å². The van der Waals surface area contributed by atoms with Gasteiger partial charge in [-0.05, 0) is 48.2 Å². The molecule has 0 aromatic heterocycles. The normalized spacial score (nSPS) is 10.5. The molecule has 0 fully saturated rings. The Morgan fingerprint density at radius 2 is 1.63 bits per heavy atom. The van der Waals surface area contributed by atoms with Crippen molar-refractivity contribution < 1.29 is 4.74 Å². The van der Waals surface area contributed by atoms with Crippen molar-refractivity contribution in [2.45, 2.75) is 27.0 Å². The van der Waals surface area contributed by atoms with Gasteiger partial charge in [-0.2, -0.15) is 0 Å². The van der Waals surface area contributed by atoms with Gasteiger partial charge in [0.2, 0.25) is 0 Å². The Balaban J connectivity index is 2.15. The molecule has 0 bridgehead atoms. The monoisotopic (exact) mass is 275 g/mol. The lowest BCUT2D eigenvalue weighted by Gasteiger charge is -2.12. The molecule has 0 radical (unpaired) electrons. The van der Waals surface area contributed by atoms with Crippen LogP contribution in [0.25, 0.3) is 0 Å². The van der Waals surface area contributed by atoms with E-state index in [1.165, 1.54) is 0 Å². The topological polar surface area (TPSA) is 35.2 Å². The van der Waals surface area contributed by atoms with Gasteiger partial charge in [0.1, 0.15) is 12.4 Å². The largest absolute Gasteiger partial charge is 0.489 e. The van der Waals surface area contributed by atoms with E-state index >= 15 is 0 Å². The minimum Gasteiger partial charge on any atom is -0.489 e. The summed E-state index contributed by atoms with van der Waals surface area (Å²) in [6, 6.07) is 12.0. The molecule has 3 heteroatoms. The molecular weight excluding hydrogens is 258 g/mol. The number of hydrogen-bond donors (Lipinski definition) is 1. The van der Waals surface area contributed by atoms with Crippen molar-refractivity contribution in [1.82, 2.24) is 0 Å². The van der Waals surface area contributed by atoms with Crippen LogP contribution in [0.15, 0.2) is 36.4 Å². The molecule has 2 N–H and O–H groups in total. The Morgan fingerprint density at radius 3 is 2.21 bits per heavy atom. The van der Waals surface area contributed by atoms with E-state index in [0.717, 1.165) is 33.0 Å². The van der Waals surface area contributed by atoms with Crippen LogP contribution in [0.4, 0.5) is 0 Å². The fraction of sp³-hybridized carbons (Fsp3) is 0.250. The number of aryl methyl sites for hydroxylation is 2. The molecule has 0 unspecified atom stereocenters. The third kappa shape index (κ3) is 3.28. The maximum absolute atomic E-state index is 6.14. The lowest BCUT2D eigenvalue weighted by atomic mass is 10.1. The second-order valence-corrected chi connectivity index (χ2v) is 5.01. The first-order chi connectivity index (χ1) is 9.11.